The zero-order valence-corrected chi connectivity index (χ0v) is 11.7. The maximum Gasteiger partial charge on any atom is 0.490 e. The van der Waals surface area contributed by atoms with E-state index in [0.29, 0.717) is 6.54 Å². The van der Waals surface area contributed by atoms with Crippen LogP contribution in [0.3, 0.4) is 0 Å². The summed E-state index contributed by atoms with van der Waals surface area (Å²) < 4.78 is 12.0. The first-order valence-electron chi connectivity index (χ1n) is 6.56. The molecule has 2 rings (SSSR count). The highest BCUT2D eigenvalue weighted by Crippen LogP contribution is 2.39. The Labute approximate surface area is 109 Å². The molecule has 1 saturated heterocycles. The topological polar surface area (TPSA) is 38.8 Å². The van der Waals surface area contributed by atoms with Gasteiger partial charge in [0.1, 0.15) is 6.29 Å². The van der Waals surface area contributed by atoms with E-state index in [4.69, 9.17) is 9.31 Å². The smallest absolute Gasteiger partial charge is 0.400 e. The Kier molecular flexibility index (Phi) is 3.67. The average Bonchev–Trinajstić information content (AvgIpc) is 2.50. The number of carbonyl (C=O) groups excluding carboxylic acids is 1. The van der Waals surface area contributed by atoms with Crippen molar-refractivity contribution in [3.63, 3.8) is 0 Å². The lowest BCUT2D eigenvalue weighted by atomic mass is 9.75. The molecule has 1 fully saturated rings. The fraction of sp³-hybridized carbons (Fsp3) is 0.769. The van der Waals surface area contributed by atoms with E-state index in [9.17, 15) is 4.79 Å². The van der Waals surface area contributed by atoms with Crippen molar-refractivity contribution in [1.82, 2.24) is 4.90 Å². The van der Waals surface area contributed by atoms with E-state index < -0.39 is 0 Å². The van der Waals surface area contributed by atoms with Gasteiger partial charge in [0.15, 0.2) is 0 Å². The van der Waals surface area contributed by atoms with Crippen molar-refractivity contribution >= 4 is 13.4 Å². The summed E-state index contributed by atoms with van der Waals surface area (Å²) in [5, 5.41) is 0. The van der Waals surface area contributed by atoms with E-state index in [2.05, 4.69) is 38.7 Å². The zero-order chi connectivity index (χ0) is 13.4. The number of carbonyl (C=O) groups is 1. The van der Waals surface area contributed by atoms with Gasteiger partial charge in [-0.15, -0.1) is 0 Å². The first kappa shape index (κ1) is 13.8. The number of nitrogens with zero attached hydrogens (tertiary/aromatic N) is 1. The highest BCUT2D eigenvalue weighted by atomic mass is 16.7. The summed E-state index contributed by atoms with van der Waals surface area (Å²) in [7, 11) is -0.228. The maximum absolute atomic E-state index is 10.5. The summed E-state index contributed by atoms with van der Waals surface area (Å²) in [5.74, 6) is 0. The molecule has 0 aromatic heterocycles. The van der Waals surface area contributed by atoms with Crippen molar-refractivity contribution in [2.45, 2.75) is 45.3 Å². The molecular formula is C13H22BNO3. The van der Waals surface area contributed by atoms with E-state index >= 15 is 0 Å². The van der Waals surface area contributed by atoms with Gasteiger partial charge in [0.2, 0.25) is 0 Å². The zero-order valence-electron chi connectivity index (χ0n) is 11.7. The number of rotatable bonds is 3. The molecule has 0 unspecified atom stereocenters. The Morgan fingerprint density at radius 2 is 1.94 bits per heavy atom. The minimum Gasteiger partial charge on any atom is -0.400 e. The third kappa shape index (κ3) is 2.53. The summed E-state index contributed by atoms with van der Waals surface area (Å²) in [6.45, 7) is 10.5. The van der Waals surface area contributed by atoms with Crippen LogP contribution in [0.4, 0.5) is 0 Å². The molecule has 100 valence electrons. The molecule has 2 heterocycles. The fourth-order valence-electron chi connectivity index (χ4n) is 2.21. The molecule has 0 bridgehead atoms. The van der Waals surface area contributed by atoms with Gasteiger partial charge in [0, 0.05) is 13.1 Å². The second-order valence-corrected chi connectivity index (χ2v) is 6.04. The monoisotopic (exact) mass is 251 g/mol. The van der Waals surface area contributed by atoms with Crippen LogP contribution < -0.4 is 0 Å². The van der Waals surface area contributed by atoms with Crippen LogP contribution in [0.5, 0.6) is 0 Å². The standard InChI is InChI=1S/C13H22BNO3/c1-12(2)13(3,4)18-14(17-12)11-5-7-15(8-6-11)9-10-16/h5,10H,6-9H2,1-4H3. The molecule has 2 aliphatic heterocycles. The highest BCUT2D eigenvalue weighted by Gasteiger charge is 2.52. The molecule has 4 nitrogen and oxygen atoms in total. The number of hydrogen-bond donors (Lipinski definition) is 0. The number of hydrogen-bond acceptors (Lipinski definition) is 4. The summed E-state index contributed by atoms with van der Waals surface area (Å²) in [6.07, 6.45) is 3.99. The summed E-state index contributed by atoms with van der Waals surface area (Å²) >= 11 is 0. The SMILES string of the molecule is CC1(C)OB(C2=CCN(CC=O)CC2)OC1(C)C. The Bertz CT molecular complexity index is 349. The van der Waals surface area contributed by atoms with Gasteiger partial charge in [-0.3, -0.25) is 4.90 Å². The maximum atomic E-state index is 10.5. The van der Waals surface area contributed by atoms with Gasteiger partial charge in [-0.05, 0) is 39.6 Å². The predicted molar refractivity (Wildman–Crippen MR) is 71.3 cm³/mol. The Morgan fingerprint density at radius 1 is 1.33 bits per heavy atom. The highest BCUT2D eigenvalue weighted by molar-refractivity contribution is 6.54. The van der Waals surface area contributed by atoms with Crippen molar-refractivity contribution < 1.29 is 14.1 Å². The Morgan fingerprint density at radius 3 is 2.39 bits per heavy atom. The van der Waals surface area contributed by atoms with Crippen molar-refractivity contribution in [3.8, 4) is 0 Å². The van der Waals surface area contributed by atoms with Crippen molar-refractivity contribution in [1.29, 1.82) is 0 Å². The largest absolute Gasteiger partial charge is 0.490 e. The molecule has 18 heavy (non-hydrogen) atoms. The molecule has 0 atom stereocenters. The molecule has 0 aromatic carbocycles. The van der Waals surface area contributed by atoms with Crippen LogP contribution >= 0.6 is 0 Å². The molecule has 0 radical (unpaired) electrons. The quantitative estimate of drug-likeness (QED) is 0.562. The van der Waals surface area contributed by atoms with E-state index in [1.807, 2.05) is 0 Å². The first-order chi connectivity index (χ1) is 8.36. The van der Waals surface area contributed by atoms with Gasteiger partial charge in [0.05, 0.1) is 17.7 Å². The van der Waals surface area contributed by atoms with Crippen LogP contribution in [0.15, 0.2) is 11.5 Å². The molecule has 0 N–H and O–H groups in total. The van der Waals surface area contributed by atoms with Crippen LogP contribution in [-0.2, 0) is 14.1 Å². The predicted octanol–water partition coefficient (Wildman–Crippen LogP) is 1.45. The van der Waals surface area contributed by atoms with Gasteiger partial charge in [-0.25, -0.2) is 0 Å². The average molecular weight is 251 g/mol. The van der Waals surface area contributed by atoms with E-state index in [-0.39, 0.29) is 18.3 Å². The van der Waals surface area contributed by atoms with Gasteiger partial charge >= 0.3 is 7.12 Å². The number of aldehydes is 1. The molecule has 5 heteroatoms. The second-order valence-electron chi connectivity index (χ2n) is 6.04. The van der Waals surface area contributed by atoms with E-state index in [1.54, 1.807) is 0 Å². The minimum atomic E-state index is -0.279. The minimum absolute atomic E-state index is 0.228. The van der Waals surface area contributed by atoms with Gasteiger partial charge < -0.3 is 14.1 Å². The fourth-order valence-corrected chi connectivity index (χ4v) is 2.21. The lowest BCUT2D eigenvalue weighted by Gasteiger charge is -2.32. The molecule has 0 aromatic rings. The lowest BCUT2D eigenvalue weighted by molar-refractivity contribution is -0.108. The first-order valence-corrected chi connectivity index (χ1v) is 6.56. The van der Waals surface area contributed by atoms with Crippen molar-refractivity contribution in [2.75, 3.05) is 19.6 Å². The third-order valence-electron chi connectivity index (χ3n) is 4.22. The van der Waals surface area contributed by atoms with Crippen molar-refractivity contribution in [2.24, 2.45) is 0 Å². The van der Waals surface area contributed by atoms with Crippen molar-refractivity contribution in [3.05, 3.63) is 11.5 Å². The van der Waals surface area contributed by atoms with E-state index in [0.717, 1.165) is 25.8 Å². The molecule has 0 amide bonds. The Hall–Kier alpha value is -0.645. The summed E-state index contributed by atoms with van der Waals surface area (Å²) in [5.41, 5.74) is 0.646. The summed E-state index contributed by atoms with van der Waals surface area (Å²) in [6, 6.07) is 0. The molecular weight excluding hydrogens is 229 g/mol. The normalized spacial score (nSPS) is 27.1. The van der Waals surface area contributed by atoms with Crippen LogP contribution in [0.2, 0.25) is 0 Å². The molecule has 0 spiro atoms. The molecule has 0 saturated carbocycles. The van der Waals surface area contributed by atoms with Gasteiger partial charge in [-0.2, -0.15) is 0 Å². The van der Waals surface area contributed by atoms with Crippen LogP contribution in [0.1, 0.15) is 34.1 Å². The third-order valence-corrected chi connectivity index (χ3v) is 4.22. The summed E-state index contributed by atoms with van der Waals surface area (Å²) in [4.78, 5) is 12.6. The van der Waals surface area contributed by atoms with Crippen LogP contribution in [-0.4, -0.2) is 49.1 Å². The van der Waals surface area contributed by atoms with Crippen LogP contribution in [0.25, 0.3) is 0 Å². The van der Waals surface area contributed by atoms with Crippen LogP contribution in [0, 0.1) is 0 Å². The second kappa shape index (κ2) is 4.80. The molecule has 2 aliphatic rings. The lowest BCUT2D eigenvalue weighted by Crippen LogP contribution is -2.41. The van der Waals surface area contributed by atoms with Gasteiger partial charge in [0.25, 0.3) is 0 Å². The molecule has 0 aliphatic carbocycles. The Balaban J connectivity index is 2.01. The van der Waals surface area contributed by atoms with Gasteiger partial charge in [-0.1, -0.05) is 6.08 Å². The van der Waals surface area contributed by atoms with E-state index in [1.165, 1.54) is 5.47 Å².